The van der Waals surface area contributed by atoms with E-state index in [1.165, 1.54) is 11.1 Å². The highest BCUT2D eigenvalue weighted by molar-refractivity contribution is 7.13. The molecule has 0 fully saturated rings. The fraction of sp³-hybridized carbons (Fsp3) is 0.150. The molecule has 0 aliphatic heterocycles. The molecule has 0 saturated heterocycles. The van der Waals surface area contributed by atoms with Gasteiger partial charge in [0.25, 0.3) is 0 Å². The Labute approximate surface area is 280 Å². The maximum atomic E-state index is 5.43. The zero-order valence-corrected chi connectivity index (χ0v) is 28.7. The average Bonchev–Trinajstić information content (AvgIpc) is 3.76. The molecule has 0 N–H and O–H groups in total. The van der Waals surface area contributed by atoms with Crippen molar-refractivity contribution < 1.29 is 9.47 Å². The van der Waals surface area contributed by atoms with Crippen LogP contribution in [-0.2, 0) is 0 Å². The van der Waals surface area contributed by atoms with E-state index in [1.54, 1.807) is 36.9 Å². The molecule has 0 unspecified atom stereocenters. The molecule has 2 aromatic heterocycles. The van der Waals surface area contributed by atoms with Crippen LogP contribution in [0.15, 0.2) is 95.7 Å². The molecule has 46 heavy (non-hydrogen) atoms. The van der Waals surface area contributed by atoms with Crippen LogP contribution in [0.5, 0.6) is 11.5 Å². The van der Waals surface area contributed by atoms with Crippen LogP contribution < -0.4 is 9.47 Å². The first-order valence-corrected chi connectivity index (χ1v) is 16.8. The van der Waals surface area contributed by atoms with Crippen molar-refractivity contribution in [2.45, 2.75) is 27.7 Å². The second-order valence-electron chi connectivity index (χ2n) is 10.9. The van der Waals surface area contributed by atoms with E-state index in [-0.39, 0.29) is 0 Å². The van der Waals surface area contributed by atoms with Gasteiger partial charge in [-0.3, -0.25) is 0 Å². The summed E-state index contributed by atoms with van der Waals surface area (Å²) in [6.45, 7) is 8.32. The van der Waals surface area contributed by atoms with Gasteiger partial charge in [-0.05, 0) is 91.4 Å². The monoisotopic (exact) mass is 642 g/mol. The number of nitrogens with zero attached hydrogens (tertiary/aromatic N) is 2. The Balaban J connectivity index is 0.000000181. The summed E-state index contributed by atoms with van der Waals surface area (Å²) in [5, 5.41) is 6.26. The molecule has 232 valence electrons. The first kappa shape index (κ1) is 32.6. The van der Waals surface area contributed by atoms with E-state index >= 15 is 0 Å². The zero-order chi connectivity index (χ0) is 32.5. The van der Waals surface area contributed by atoms with Crippen molar-refractivity contribution >= 4 is 47.0 Å². The van der Waals surface area contributed by atoms with E-state index in [0.29, 0.717) is 0 Å². The van der Waals surface area contributed by atoms with Gasteiger partial charge in [0.1, 0.15) is 21.5 Å². The lowest BCUT2D eigenvalue weighted by Crippen LogP contribution is -1.91. The van der Waals surface area contributed by atoms with E-state index in [0.717, 1.165) is 66.3 Å². The number of thiazole rings is 2. The number of aryl methyl sites for hydroxylation is 3. The van der Waals surface area contributed by atoms with Gasteiger partial charge in [-0.15, -0.1) is 22.7 Å². The van der Waals surface area contributed by atoms with Crippen LogP contribution in [0.4, 0.5) is 0 Å². The van der Waals surface area contributed by atoms with E-state index in [2.05, 4.69) is 115 Å². The lowest BCUT2D eigenvalue weighted by atomic mass is 10.0. The van der Waals surface area contributed by atoms with E-state index in [9.17, 15) is 0 Å². The van der Waals surface area contributed by atoms with Gasteiger partial charge in [0.15, 0.2) is 0 Å². The van der Waals surface area contributed by atoms with Gasteiger partial charge >= 0.3 is 0 Å². The summed E-state index contributed by atoms with van der Waals surface area (Å²) in [7, 11) is 3.42. The highest BCUT2D eigenvalue weighted by Gasteiger charge is 2.06. The molecule has 0 atom stereocenters. The van der Waals surface area contributed by atoms with Crippen molar-refractivity contribution in [3.8, 4) is 32.6 Å². The predicted octanol–water partition coefficient (Wildman–Crippen LogP) is 11.2. The smallest absolute Gasteiger partial charge is 0.124 e. The Bertz CT molecular complexity index is 1930. The number of aromatic nitrogens is 2. The Kier molecular flexibility index (Phi) is 11.0. The summed E-state index contributed by atoms with van der Waals surface area (Å²) in [6.07, 6.45) is 8.29. The maximum Gasteiger partial charge on any atom is 0.124 e. The average molecular weight is 643 g/mol. The van der Waals surface area contributed by atoms with E-state index < -0.39 is 0 Å². The summed E-state index contributed by atoms with van der Waals surface area (Å²) in [5.74, 6) is 1.88. The summed E-state index contributed by atoms with van der Waals surface area (Å²) >= 11 is 3.33. The molecule has 0 aliphatic rings. The van der Waals surface area contributed by atoms with Gasteiger partial charge in [-0.25, -0.2) is 9.97 Å². The molecule has 6 rings (SSSR count). The fourth-order valence-corrected chi connectivity index (χ4v) is 6.67. The van der Waals surface area contributed by atoms with Crippen LogP contribution in [0.1, 0.15) is 44.8 Å². The second kappa shape index (κ2) is 15.5. The summed E-state index contributed by atoms with van der Waals surface area (Å²) in [6, 6.07) is 29.0. The van der Waals surface area contributed by atoms with Crippen molar-refractivity contribution in [3.05, 3.63) is 140 Å². The highest BCUT2D eigenvalue weighted by atomic mass is 32.1. The SMILES string of the molecule is COc1c(C)cc(/C=C/c2csc(-c3ccccc3)n2)cc1C.COc1cc(/C=C\c2csc(-c3ccccc3)n2)cc(C)c1C. The second-order valence-corrected chi connectivity index (χ2v) is 12.6. The highest BCUT2D eigenvalue weighted by Crippen LogP contribution is 2.28. The molecular weight excluding hydrogens is 605 g/mol. The molecule has 0 amide bonds. The summed E-state index contributed by atoms with van der Waals surface area (Å²) in [4.78, 5) is 9.36. The van der Waals surface area contributed by atoms with Crippen molar-refractivity contribution in [2.24, 2.45) is 0 Å². The van der Waals surface area contributed by atoms with Crippen molar-refractivity contribution in [2.75, 3.05) is 14.2 Å². The number of hydrogen-bond donors (Lipinski definition) is 0. The quantitative estimate of drug-likeness (QED) is 0.166. The van der Waals surface area contributed by atoms with Crippen LogP contribution in [0.2, 0.25) is 0 Å². The third kappa shape index (κ3) is 8.27. The molecule has 0 bridgehead atoms. The molecule has 0 saturated carbocycles. The van der Waals surface area contributed by atoms with E-state index in [4.69, 9.17) is 9.47 Å². The van der Waals surface area contributed by atoms with Crippen molar-refractivity contribution in [1.82, 2.24) is 9.97 Å². The summed E-state index contributed by atoms with van der Waals surface area (Å²) in [5.41, 5.74) is 11.3. The normalized spacial score (nSPS) is 11.1. The van der Waals surface area contributed by atoms with Crippen molar-refractivity contribution in [3.63, 3.8) is 0 Å². The Morgan fingerprint density at radius 2 is 1.00 bits per heavy atom. The third-order valence-corrected chi connectivity index (χ3v) is 9.35. The minimum Gasteiger partial charge on any atom is -0.496 e. The minimum atomic E-state index is 0.924. The number of hydrogen-bond acceptors (Lipinski definition) is 6. The Morgan fingerprint density at radius 1 is 0.543 bits per heavy atom. The maximum absolute atomic E-state index is 5.43. The van der Waals surface area contributed by atoms with Crippen LogP contribution >= 0.6 is 22.7 Å². The fourth-order valence-electron chi connectivity index (χ4n) is 5.08. The first-order valence-electron chi connectivity index (χ1n) is 15.0. The van der Waals surface area contributed by atoms with E-state index in [1.807, 2.05) is 42.5 Å². The molecular formula is C40H38N2O2S2. The van der Waals surface area contributed by atoms with Crippen LogP contribution in [-0.4, -0.2) is 24.2 Å². The molecule has 6 aromatic rings. The lowest BCUT2D eigenvalue weighted by molar-refractivity contribution is 0.408. The Morgan fingerprint density at radius 3 is 1.46 bits per heavy atom. The molecule has 2 heterocycles. The number of ether oxygens (including phenoxy) is 2. The lowest BCUT2D eigenvalue weighted by Gasteiger charge is -2.09. The largest absolute Gasteiger partial charge is 0.496 e. The van der Waals surface area contributed by atoms with Gasteiger partial charge in [0, 0.05) is 21.9 Å². The summed E-state index contributed by atoms with van der Waals surface area (Å²) < 4.78 is 10.8. The van der Waals surface area contributed by atoms with Crippen molar-refractivity contribution in [1.29, 1.82) is 0 Å². The van der Waals surface area contributed by atoms with Gasteiger partial charge in [0.2, 0.25) is 0 Å². The molecule has 0 aliphatic carbocycles. The third-order valence-electron chi connectivity index (χ3n) is 7.53. The number of rotatable bonds is 8. The zero-order valence-electron chi connectivity index (χ0n) is 27.1. The number of methoxy groups -OCH3 is 2. The molecule has 0 radical (unpaired) electrons. The van der Waals surface area contributed by atoms with Crippen LogP contribution in [0, 0.1) is 27.7 Å². The Hall–Kier alpha value is -4.78. The number of benzene rings is 4. The van der Waals surface area contributed by atoms with Gasteiger partial charge in [-0.2, -0.15) is 0 Å². The first-order chi connectivity index (χ1) is 22.3. The van der Waals surface area contributed by atoms with Gasteiger partial charge < -0.3 is 9.47 Å². The molecule has 4 aromatic carbocycles. The van der Waals surface area contributed by atoms with Gasteiger partial charge in [-0.1, -0.05) is 78.9 Å². The van der Waals surface area contributed by atoms with Crippen LogP contribution in [0.25, 0.3) is 45.4 Å². The molecule has 0 spiro atoms. The standard InChI is InChI=1S/2C20H19NOS/c1-14-11-16(12-19(22-3)15(14)2)9-10-18-13-23-20(21-18)17-7-5-4-6-8-17;1-14-11-16(12-15(2)19(14)22-3)9-10-18-13-23-20(21-18)17-7-5-4-6-8-17/h2*4-13H,1-3H3/b10-9-;10-9+. The minimum absolute atomic E-state index is 0.924. The molecule has 6 heteroatoms. The molecule has 4 nitrogen and oxygen atoms in total. The van der Waals surface area contributed by atoms with Crippen LogP contribution in [0.3, 0.4) is 0 Å². The van der Waals surface area contributed by atoms with Gasteiger partial charge in [0.05, 0.1) is 25.6 Å². The topological polar surface area (TPSA) is 44.2 Å². The predicted molar refractivity (Wildman–Crippen MR) is 198 cm³/mol.